The van der Waals surface area contributed by atoms with Gasteiger partial charge in [0.25, 0.3) is 0 Å². The van der Waals surface area contributed by atoms with Gasteiger partial charge in [-0.3, -0.25) is 4.90 Å². The lowest BCUT2D eigenvalue weighted by molar-refractivity contribution is 0.179. The van der Waals surface area contributed by atoms with Gasteiger partial charge in [-0.2, -0.15) is 0 Å². The average molecular weight is 245 g/mol. The fourth-order valence-corrected chi connectivity index (χ4v) is 2.47. The van der Waals surface area contributed by atoms with Crippen LogP contribution in [0, 0.1) is 6.92 Å². The minimum Gasteiger partial charge on any atom is -0.314 e. The smallest absolute Gasteiger partial charge is 0.168 e. The van der Waals surface area contributed by atoms with E-state index in [2.05, 4.69) is 40.2 Å². The van der Waals surface area contributed by atoms with Crippen LogP contribution in [0.4, 0.5) is 0 Å². The van der Waals surface area contributed by atoms with E-state index in [4.69, 9.17) is 0 Å². The van der Waals surface area contributed by atoms with Crippen molar-refractivity contribution in [1.29, 1.82) is 0 Å². The topological polar surface area (TPSA) is 45.5 Å². The van der Waals surface area contributed by atoms with E-state index in [1.807, 2.05) is 16.8 Å². The summed E-state index contributed by atoms with van der Waals surface area (Å²) in [6.07, 6.45) is 1.96. The van der Waals surface area contributed by atoms with E-state index in [-0.39, 0.29) is 6.04 Å². The summed E-state index contributed by atoms with van der Waals surface area (Å²) in [5.41, 5.74) is 2.14. The summed E-state index contributed by atoms with van der Waals surface area (Å²) in [5.74, 6) is 0.922. The number of nitrogens with one attached hydrogen (secondary N) is 1. The molecule has 0 amide bonds. The molecule has 1 unspecified atom stereocenters. The second-order valence-electron chi connectivity index (χ2n) is 4.89. The molecule has 1 N–H and O–H groups in total. The van der Waals surface area contributed by atoms with E-state index in [9.17, 15) is 0 Å². The summed E-state index contributed by atoms with van der Waals surface area (Å²) in [6, 6.07) is 4.37. The second-order valence-corrected chi connectivity index (χ2v) is 4.89. The van der Waals surface area contributed by atoms with E-state index in [1.54, 1.807) is 0 Å². The van der Waals surface area contributed by atoms with Gasteiger partial charge in [0.2, 0.25) is 0 Å². The fraction of sp³-hybridized carbons (Fsp3) is 0.538. The number of rotatable bonds is 2. The number of aryl methyl sites for hydroxylation is 1. The first-order valence-electron chi connectivity index (χ1n) is 6.52. The Morgan fingerprint density at radius 1 is 1.33 bits per heavy atom. The molecule has 5 nitrogen and oxygen atoms in total. The SMILES string of the molecule is Cc1cccn2nc(C(C)N3CCNCC3)nc12. The zero-order chi connectivity index (χ0) is 12.5. The monoisotopic (exact) mass is 245 g/mol. The molecule has 0 aromatic carbocycles. The van der Waals surface area contributed by atoms with Crippen molar-refractivity contribution in [3.05, 3.63) is 29.7 Å². The van der Waals surface area contributed by atoms with Crippen molar-refractivity contribution >= 4 is 5.65 Å². The minimum atomic E-state index is 0.284. The number of fused-ring (bicyclic) bond motifs is 1. The van der Waals surface area contributed by atoms with Gasteiger partial charge in [-0.15, -0.1) is 5.10 Å². The second kappa shape index (κ2) is 4.66. The van der Waals surface area contributed by atoms with Crippen molar-refractivity contribution in [2.75, 3.05) is 26.2 Å². The minimum absolute atomic E-state index is 0.284. The van der Waals surface area contributed by atoms with E-state index in [1.165, 1.54) is 5.56 Å². The molecule has 0 radical (unpaired) electrons. The Morgan fingerprint density at radius 3 is 2.83 bits per heavy atom. The normalized spacial score (nSPS) is 19.2. The Kier molecular flexibility index (Phi) is 3.01. The van der Waals surface area contributed by atoms with Gasteiger partial charge >= 0.3 is 0 Å². The molecule has 0 aliphatic carbocycles. The van der Waals surface area contributed by atoms with Gasteiger partial charge < -0.3 is 5.32 Å². The van der Waals surface area contributed by atoms with Crippen LogP contribution in [0.3, 0.4) is 0 Å². The summed E-state index contributed by atoms with van der Waals surface area (Å²) in [5, 5.41) is 7.96. The molecule has 96 valence electrons. The Morgan fingerprint density at radius 2 is 2.11 bits per heavy atom. The highest BCUT2D eigenvalue weighted by molar-refractivity contribution is 5.45. The first-order chi connectivity index (χ1) is 8.75. The van der Waals surface area contributed by atoms with Gasteiger partial charge in [0.15, 0.2) is 11.5 Å². The van der Waals surface area contributed by atoms with Crippen LogP contribution in [0.25, 0.3) is 5.65 Å². The molecule has 2 aromatic heterocycles. The molecule has 0 saturated carbocycles. The van der Waals surface area contributed by atoms with Gasteiger partial charge in [-0.1, -0.05) is 6.07 Å². The van der Waals surface area contributed by atoms with Crippen LogP contribution in [0.5, 0.6) is 0 Å². The summed E-state index contributed by atoms with van der Waals surface area (Å²) in [6.45, 7) is 8.50. The van der Waals surface area contributed by atoms with Crippen molar-refractivity contribution < 1.29 is 0 Å². The lowest BCUT2D eigenvalue weighted by atomic mass is 10.2. The summed E-state index contributed by atoms with van der Waals surface area (Å²) < 4.78 is 1.88. The lowest BCUT2D eigenvalue weighted by Gasteiger charge is -2.31. The Bertz CT molecular complexity index is 541. The summed E-state index contributed by atoms with van der Waals surface area (Å²) >= 11 is 0. The Labute approximate surface area is 107 Å². The summed E-state index contributed by atoms with van der Waals surface area (Å²) in [4.78, 5) is 7.11. The zero-order valence-electron chi connectivity index (χ0n) is 10.9. The first-order valence-corrected chi connectivity index (χ1v) is 6.52. The third kappa shape index (κ3) is 2.00. The highest BCUT2D eigenvalue weighted by atomic mass is 15.3. The van der Waals surface area contributed by atoms with Crippen LogP contribution in [0.1, 0.15) is 24.4 Å². The number of piperazine rings is 1. The number of hydrogen-bond donors (Lipinski definition) is 1. The van der Waals surface area contributed by atoms with Gasteiger partial charge in [-0.25, -0.2) is 9.50 Å². The molecule has 1 aliphatic rings. The molecule has 2 aromatic rings. The van der Waals surface area contributed by atoms with Gasteiger partial charge in [-0.05, 0) is 25.5 Å². The van der Waals surface area contributed by atoms with E-state index in [0.29, 0.717) is 0 Å². The molecule has 3 heterocycles. The van der Waals surface area contributed by atoms with Crippen molar-refractivity contribution in [2.24, 2.45) is 0 Å². The maximum atomic E-state index is 4.68. The van der Waals surface area contributed by atoms with Crippen LogP contribution >= 0.6 is 0 Å². The molecule has 3 rings (SSSR count). The molecule has 18 heavy (non-hydrogen) atoms. The van der Waals surface area contributed by atoms with Crippen molar-refractivity contribution in [3.8, 4) is 0 Å². The zero-order valence-corrected chi connectivity index (χ0v) is 10.9. The lowest BCUT2D eigenvalue weighted by Crippen LogP contribution is -2.44. The number of hydrogen-bond acceptors (Lipinski definition) is 4. The standard InChI is InChI=1S/C13H19N5/c1-10-4-3-7-18-13(10)15-12(16-18)11(2)17-8-5-14-6-9-17/h3-4,7,11,14H,5-6,8-9H2,1-2H3. The van der Waals surface area contributed by atoms with Crippen LogP contribution in [0.2, 0.25) is 0 Å². The van der Waals surface area contributed by atoms with Crippen molar-refractivity contribution in [3.63, 3.8) is 0 Å². The van der Waals surface area contributed by atoms with Crippen LogP contribution in [0.15, 0.2) is 18.3 Å². The maximum Gasteiger partial charge on any atom is 0.168 e. The van der Waals surface area contributed by atoms with Crippen LogP contribution in [-0.2, 0) is 0 Å². The van der Waals surface area contributed by atoms with E-state index < -0.39 is 0 Å². The number of aromatic nitrogens is 3. The Balaban J connectivity index is 1.91. The highest BCUT2D eigenvalue weighted by Gasteiger charge is 2.21. The molecule has 1 fully saturated rings. The van der Waals surface area contributed by atoms with E-state index in [0.717, 1.165) is 37.7 Å². The largest absolute Gasteiger partial charge is 0.314 e. The highest BCUT2D eigenvalue weighted by Crippen LogP contribution is 2.18. The fourth-order valence-electron chi connectivity index (χ4n) is 2.47. The van der Waals surface area contributed by atoms with E-state index >= 15 is 0 Å². The van der Waals surface area contributed by atoms with Crippen LogP contribution < -0.4 is 5.32 Å². The first kappa shape index (κ1) is 11.6. The van der Waals surface area contributed by atoms with Gasteiger partial charge in [0.1, 0.15) is 0 Å². The maximum absolute atomic E-state index is 4.68. The molecule has 0 bridgehead atoms. The molecular weight excluding hydrogens is 226 g/mol. The Hall–Kier alpha value is -1.46. The van der Waals surface area contributed by atoms with Gasteiger partial charge in [0.05, 0.1) is 6.04 Å². The summed E-state index contributed by atoms with van der Waals surface area (Å²) in [7, 11) is 0. The number of nitrogens with zero attached hydrogens (tertiary/aromatic N) is 4. The third-order valence-electron chi connectivity index (χ3n) is 3.65. The molecular formula is C13H19N5. The van der Waals surface area contributed by atoms with Gasteiger partial charge in [0, 0.05) is 32.4 Å². The quantitative estimate of drug-likeness (QED) is 0.857. The molecule has 1 aliphatic heterocycles. The molecule has 5 heteroatoms. The molecule has 0 spiro atoms. The van der Waals surface area contributed by atoms with Crippen molar-refractivity contribution in [1.82, 2.24) is 24.8 Å². The van der Waals surface area contributed by atoms with Crippen LogP contribution in [-0.4, -0.2) is 45.7 Å². The predicted octanol–water partition coefficient (Wildman–Crippen LogP) is 1.00. The molecule has 1 atom stereocenters. The third-order valence-corrected chi connectivity index (χ3v) is 3.65. The predicted molar refractivity (Wildman–Crippen MR) is 70.6 cm³/mol. The average Bonchev–Trinajstić information content (AvgIpc) is 2.84. The molecule has 1 saturated heterocycles. The number of pyridine rings is 1. The van der Waals surface area contributed by atoms with Crippen molar-refractivity contribution in [2.45, 2.75) is 19.9 Å².